The fraction of sp³-hybridized carbons (Fsp3) is 0.286. The Morgan fingerprint density at radius 3 is 2.53 bits per heavy atom. The summed E-state index contributed by atoms with van der Waals surface area (Å²) >= 11 is 0. The van der Waals surface area contributed by atoms with Gasteiger partial charge in [0.25, 0.3) is 0 Å². The lowest BCUT2D eigenvalue weighted by Gasteiger charge is -2.06. The Labute approximate surface area is 103 Å². The number of pyridine rings is 1. The van der Waals surface area contributed by atoms with Gasteiger partial charge in [-0.2, -0.15) is 0 Å². The summed E-state index contributed by atoms with van der Waals surface area (Å²) in [5.74, 6) is 1.28. The van der Waals surface area contributed by atoms with Crippen LogP contribution in [-0.4, -0.2) is 10.9 Å². The van der Waals surface area contributed by atoms with E-state index >= 15 is 0 Å². The summed E-state index contributed by atoms with van der Waals surface area (Å²) in [5.41, 5.74) is 3.01. The number of hydrogen-bond acceptors (Lipinski definition) is 3. The van der Waals surface area contributed by atoms with E-state index in [0.29, 0.717) is 11.6 Å². The molecule has 0 aliphatic rings. The predicted molar refractivity (Wildman–Crippen MR) is 71.2 cm³/mol. The first-order chi connectivity index (χ1) is 8.00. The fourth-order valence-corrected chi connectivity index (χ4v) is 1.23. The number of aliphatic imine (C=N–C) groups is 1. The molecule has 0 saturated carbocycles. The van der Waals surface area contributed by atoms with Crippen molar-refractivity contribution < 1.29 is 4.74 Å². The summed E-state index contributed by atoms with van der Waals surface area (Å²) < 4.78 is 5.54. The molecule has 3 heteroatoms. The number of rotatable bonds is 3. The smallest absolute Gasteiger partial charge is 0.191 e. The molecule has 0 amide bonds. The molecule has 0 aliphatic carbocycles. The first kappa shape index (κ1) is 13.2. The van der Waals surface area contributed by atoms with Gasteiger partial charge in [-0.3, -0.25) is 4.98 Å². The first-order valence-electron chi connectivity index (χ1n) is 5.47. The van der Waals surface area contributed by atoms with Gasteiger partial charge < -0.3 is 4.74 Å². The van der Waals surface area contributed by atoms with Crippen molar-refractivity contribution in [3.63, 3.8) is 0 Å². The van der Waals surface area contributed by atoms with Crippen LogP contribution in [0.3, 0.4) is 0 Å². The van der Waals surface area contributed by atoms with E-state index in [0.717, 1.165) is 16.8 Å². The van der Waals surface area contributed by atoms with Gasteiger partial charge in [0.15, 0.2) is 5.90 Å². The van der Waals surface area contributed by atoms with Gasteiger partial charge in [-0.15, -0.1) is 0 Å². The molecule has 1 aromatic heterocycles. The van der Waals surface area contributed by atoms with Gasteiger partial charge >= 0.3 is 0 Å². The Morgan fingerprint density at radius 1 is 1.29 bits per heavy atom. The quantitative estimate of drug-likeness (QED) is 0.450. The Balaban J connectivity index is 2.81. The molecule has 0 bridgehead atoms. The van der Waals surface area contributed by atoms with Crippen molar-refractivity contribution in [1.82, 2.24) is 4.98 Å². The average Bonchev–Trinajstić information content (AvgIpc) is 2.28. The van der Waals surface area contributed by atoms with Crippen LogP contribution in [0.1, 0.15) is 27.7 Å². The highest BCUT2D eigenvalue weighted by atomic mass is 16.5. The van der Waals surface area contributed by atoms with Crippen molar-refractivity contribution in [3.05, 3.63) is 47.9 Å². The molecular formula is C14H18N2O. The zero-order chi connectivity index (χ0) is 12.8. The highest BCUT2D eigenvalue weighted by molar-refractivity contribution is 5.77. The lowest BCUT2D eigenvalue weighted by atomic mass is 10.1. The molecule has 0 saturated heterocycles. The molecular weight excluding hydrogens is 212 g/mol. The molecule has 0 atom stereocenters. The molecule has 0 spiro atoms. The molecule has 0 aromatic carbocycles. The number of allylic oxidation sites excluding steroid dienone is 3. The standard InChI is InChI=1S/C14H18N2O/c1-10(2)11(3)12(4)16-13(5)17-14-7-6-8-15-9-14/h6-9H,1H2,2-5H3/b12-11+,16-13+. The van der Waals surface area contributed by atoms with E-state index in [4.69, 9.17) is 4.74 Å². The lowest BCUT2D eigenvalue weighted by Crippen LogP contribution is -2.03. The summed E-state index contributed by atoms with van der Waals surface area (Å²) in [7, 11) is 0. The monoisotopic (exact) mass is 230 g/mol. The van der Waals surface area contributed by atoms with Crippen molar-refractivity contribution in [2.45, 2.75) is 27.7 Å². The normalized spacial score (nSPS) is 13.1. The number of aromatic nitrogens is 1. The Kier molecular flexibility index (Phi) is 4.64. The number of nitrogens with zero attached hydrogens (tertiary/aromatic N) is 2. The fourth-order valence-electron chi connectivity index (χ4n) is 1.23. The molecule has 1 rings (SSSR count). The minimum Gasteiger partial charge on any atom is -0.442 e. The summed E-state index contributed by atoms with van der Waals surface area (Å²) in [6.45, 7) is 11.6. The van der Waals surface area contributed by atoms with Crippen LogP contribution in [0.15, 0.2) is 52.9 Å². The van der Waals surface area contributed by atoms with Gasteiger partial charge in [0.2, 0.25) is 0 Å². The third kappa shape index (κ3) is 4.23. The Morgan fingerprint density at radius 2 is 2.00 bits per heavy atom. The van der Waals surface area contributed by atoms with Crippen LogP contribution in [0.4, 0.5) is 0 Å². The van der Waals surface area contributed by atoms with Gasteiger partial charge in [0.1, 0.15) is 5.75 Å². The highest BCUT2D eigenvalue weighted by Crippen LogP contribution is 2.14. The van der Waals surface area contributed by atoms with Gasteiger partial charge in [-0.1, -0.05) is 12.2 Å². The van der Waals surface area contributed by atoms with E-state index in [-0.39, 0.29) is 0 Å². The molecule has 0 N–H and O–H groups in total. The van der Waals surface area contributed by atoms with Crippen LogP contribution >= 0.6 is 0 Å². The maximum absolute atomic E-state index is 5.54. The van der Waals surface area contributed by atoms with Gasteiger partial charge in [-0.05, 0) is 38.5 Å². The molecule has 3 nitrogen and oxygen atoms in total. The molecule has 17 heavy (non-hydrogen) atoms. The van der Waals surface area contributed by atoms with Gasteiger partial charge in [0, 0.05) is 18.8 Å². The van der Waals surface area contributed by atoms with Crippen molar-refractivity contribution >= 4 is 5.90 Å². The summed E-state index contributed by atoms with van der Waals surface area (Å²) in [6.07, 6.45) is 3.36. The average molecular weight is 230 g/mol. The zero-order valence-electron chi connectivity index (χ0n) is 10.8. The van der Waals surface area contributed by atoms with E-state index in [9.17, 15) is 0 Å². The SMILES string of the molecule is C=C(C)/C(C)=C(C)/N=C(\C)Oc1cccnc1. The second kappa shape index (κ2) is 5.99. The van der Waals surface area contributed by atoms with Gasteiger partial charge in [0.05, 0.1) is 6.20 Å². The van der Waals surface area contributed by atoms with Crippen LogP contribution in [0.2, 0.25) is 0 Å². The Bertz CT molecular complexity index is 458. The summed E-state index contributed by atoms with van der Waals surface area (Å²) in [4.78, 5) is 8.35. The van der Waals surface area contributed by atoms with Crippen LogP contribution in [0, 0.1) is 0 Å². The summed E-state index contributed by atoms with van der Waals surface area (Å²) in [6, 6.07) is 3.67. The molecule has 0 unspecified atom stereocenters. The van der Waals surface area contributed by atoms with Crippen molar-refractivity contribution in [2.75, 3.05) is 0 Å². The maximum atomic E-state index is 5.54. The van der Waals surface area contributed by atoms with E-state index < -0.39 is 0 Å². The molecule has 1 aromatic rings. The largest absolute Gasteiger partial charge is 0.442 e. The maximum Gasteiger partial charge on any atom is 0.191 e. The molecule has 0 fully saturated rings. The lowest BCUT2D eigenvalue weighted by molar-refractivity contribution is 0.542. The minimum atomic E-state index is 0.594. The van der Waals surface area contributed by atoms with Crippen LogP contribution in [0.5, 0.6) is 5.75 Å². The first-order valence-corrected chi connectivity index (χ1v) is 5.47. The third-order valence-electron chi connectivity index (χ3n) is 2.41. The molecule has 0 aliphatic heterocycles. The second-order valence-electron chi connectivity index (χ2n) is 3.91. The second-order valence-corrected chi connectivity index (χ2v) is 3.91. The Hall–Kier alpha value is -1.90. The molecule has 0 radical (unpaired) electrons. The van der Waals surface area contributed by atoms with Crippen LogP contribution < -0.4 is 4.74 Å². The van der Waals surface area contributed by atoms with E-state index in [1.165, 1.54) is 0 Å². The molecule has 1 heterocycles. The number of hydrogen-bond donors (Lipinski definition) is 0. The summed E-state index contributed by atoms with van der Waals surface area (Å²) in [5, 5.41) is 0. The topological polar surface area (TPSA) is 34.5 Å². The van der Waals surface area contributed by atoms with Gasteiger partial charge in [-0.25, -0.2) is 4.99 Å². The zero-order valence-corrected chi connectivity index (χ0v) is 10.8. The molecule has 90 valence electrons. The van der Waals surface area contributed by atoms with Crippen molar-refractivity contribution in [1.29, 1.82) is 0 Å². The third-order valence-corrected chi connectivity index (χ3v) is 2.41. The van der Waals surface area contributed by atoms with Crippen molar-refractivity contribution in [2.24, 2.45) is 4.99 Å². The number of ether oxygens (including phenoxy) is 1. The van der Waals surface area contributed by atoms with Crippen LogP contribution in [-0.2, 0) is 0 Å². The van der Waals surface area contributed by atoms with E-state index in [1.807, 2.05) is 39.8 Å². The highest BCUT2D eigenvalue weighted by Gasteiger charge is 1.99. The van der Waals surface area contributed by atoms with E-state index in [1.54, 1.807) is 12.4 Å². The van der Waals surface area contributed by atoms with E-state index in [2.05, 4.69) is 16.6 Å². The van der Waals surface area contributed by atoms with Crippen LogP contribution in [0.25, 0.3) is 0 Å². The predicted octanol–water partition coefficient (Wildman–Crippen LogP) is 3.75. The van der Waals surface area contributed by atoms with Crippen molar-refractivity contribution in [3.8, 4) is 5.75 Å². The minimum absolute atomic E-state index is 0.594.